The highest BCUT2D eigenvalue weighted by atomic mass is 16.7. The number of amides is 1. The zero-order chi connectivity index (χ0) is 35.2. The van der Waals surface area contributed by atoms with Crippen LogP contribution in [0.3, 0.4) is 0 Å². The molecule has 0 saturated carbocycles. The summed E-state index contributed by atoms with van der Waals surface area (Å²) in [5.74, 6) is -0.190. The highest BCUT2D eigenvalue weighted by molar-refractivity contribution is 5.76. The topological polar surface area (TPSA) is 149 Å². The molecule has 0 aromatic heterocycles. The van der Waals surface area contributed by atoms with Gasteiger partial charge in [-0.1, -0.05) is 147 Å². The van der Waals surface area contributed by atoms with Crippen LogP contribution in [0.2, 0.25) is 0 Å². The van der Waals surface area contributed by atoms with Crippen LogP contribution in [0.15, 0.2) is 24.3 Å². The van der Waals surface area contributed by atoms with E-state index in [1.807, 2.05) is 6.08 Å². The molecule has 1 rings (SSSR count). The Labute approximate surface area is 292 Å². The Hall–Kier alpha value is -1.33. The van der Waals surface area contributed by atoms with E-state index in [1.165, 1.54) is 103 Å². The molecule has 7 atom stereocenters. The number of ether oxygens (including phenoxy) is 2. The van der Waals surface area contributed by atoms with E-state index in [9.17, 15) is 30.3 Å². The fourth-order valence-corrected chi connectivity index (χ4v) is 6.05. The first kappa shape index (κ1) is 44.7. The molecule has 6 N–H and O–H groups in total. The third-order valence-electron chi connectivity index (χ3n) is 9.28. The zero-order valence-electron chi connectivity index (χ0n) is 30.5. The smallest absolute Gasteiger partial charge is 0.220 e. The maximum absolute atomic E-state index is 12.8. The monoisotopic (exact) mass is 684 g/mol. The lowest BCUT2D eigenvalue weighted by Gasteiger charge is -2.40. The number of nitrogens with one attached hydrogen (secondary N) is 1. The molecule has 1 amide bonds. The van der Waals surface area contributed by atoms with Crippen LogP contribution in [0.4, 0.5) is 0 Å². The van der Waals surface area contributed by atoms with E-state index in [0.717, 1.165) is 38.5 Å². The largest absolute Gasteiger partial charge is 0.394 e. The summed E-state index contributed by atoms with van der Waals surface area (Å²) in [7, 11) is 0. The van der Waals surface area contributed by atoms with Crippen LogP contribution in [0.5, 0.6) is 0 Å². The Balaban J connectivity index is 2.40. The number of hydrogen-bond donors (Lipinski definition) is 6. The van der Waals surface area contributed by atoms with Crippen LogP contribution in [-0.4, -0.2) is 87.5 Å². The second-order valence-electron chi connectivity index (χ2n) is 13.7. The van der Waals surface area contributed by atoms with Gasteiger partial charge in [-0.2, -0.15) is 0 Å². The van der Waals surface area contributed by atoms with Gasteiger partial charge in [-0.3, -0.25) is 4.79 Å². The average molecular weight is 684 g/mol. The molecule has 0 aromatic carbocycles. The zero-order valence-corrected chi connectivity index (χ0v) is 30.5. The van der Waals surface area contributed by atoms with Gasteiger partial charge in [0.05, 0.1) is 25.4 Å². The van der Waals surface area contributed by atoms with Gasteiger partial charge in [0.1, 0.15) is 24.4 Å². The van der Waals surface area contributed by atoms with Crippen LogP contribution >= 0.6 is 0 Å². The van der Waals surface area contributed by atoms with Crippen LogP contribution in [0, 0.1) is 0 Å². The number of hydrogen-bond acceptors (Lipinski definition) is 8. The molecule has 9 heteroatoms. The van der Waals surface area contributed by atoms with Crippen LogP contribution in [-0.2, 0) is 14.3 Å². The molecule has 7 unspecified atom stereocenters. The number of aliphatic hydroxyl groups is 5. The van der Waals surface area contributed by atoms with Crippen molar-refractivity contribution < 1.29 is 39.8 Å². The molecule has 9 nitrogen and oxygen atoms in total. The predicted octanol–water partition coefficient (Wildman–Crippen LogP) is 6.77. The quantitative estimate of drug-likeness (QED) is 0.0346. The summed E-state index contributed by atoms with van der Waals surface area (Å²) in [5, 5.41) is 53.8. The molecule has 0 bridgehead atoms. The lowest BCUT2D eigenvalue weighted by molar-refractivity contribution is -0.302. The van der Waals surface area contributed by atoms with Crippen molar-refractivity contribution in [2.24, 2.45) is 0 Å². The van der Waals surface area contributed by atoms with Crippen molar-refractivity contribution in [2.45, 2.75) is 204 Å². The molecule has 0 aliphatic carbocycles. The molecule has 0 aromatic rings. The molecule has 0 spiro atoms. The maximum atomic E-state index is 12.8. The Morgan fingerprint density at radius 1 is 0.688 bits per heavy atom. The van der Waals surface area contributed by atoms with Gasteiger partial charge in [-0.25, -0.2) is 0 Å². The summed E-state index contributed by atoms with van der Waals surface area (Å²) in [5.41, 5.74) is 0. The van der Waals surface area contributed by atoms with E-state index in [0.29, 0.717) is 6.42 Å². The first-order valence-electron chi connectivity index (χ1n) is 19.6. The Kier molecular flexibility index (Phi) is 28.4. The summed E-state index contributed by atoms with van der Waals surface area (Å²) >= 11 is 0. The predicted molar refractivity (Wildman–Crippen MR) is 193 cm³/mol. The maximum Gasteiger partial charge on any atom is 0.220 e. The number of aliphatic hydroxyl groups excluding tert-OH is 5. The lowest BCUT2D eigenvalue weighted by Crippen LogP contribution is -2.60. The molecule has 282 valence electrons. The number of carbonyl (C=O) groups excluding carboxylic acids is 1. The molecule has 1 heterocycles. The van der Waals surface area contributed by atoms with Crippen LogP contribution in [0.1, 0.15) is 162 Å². The molecule has 48 heavy (non-hydrogen) atoms. The number of carbonyl (C=O) groups is 1. The standard InChI is InChI=1S/C39H73NO8/c1-3-5-7-9-11-13-14-15-16-17-18-19-21-23-25-27-29-35(43)40-32(33(42)28-26-24-22-20-12-10-8-6-4-2)31-47-39-38(46)37(45)36(44)34(30-41)48-39/h12,20,26,28,32-34,36-39,41-42,44-46H,3-11,13-19,21-25,27,29-31H2,1-2H3,(H,40,43)/b20-12+,28-26+. The summed E-state index contributed by atoms with van der Waals surface area (Å²) in [6.45, 7) is 3.68. The average Bonchev–Trinajstić information content (AvgIpc) is 3.08. The minimum Gasteiger partial charge on any atom is -0.394 e. The molecular weight excluding hydrogens is 610 g/mol. The van der Waals surface area contributed by atoms with E-state index in [-0.39, 0.29) is 12.5 Å². The molecule has 1 aliphatic heterocycles. The van der Waals surface area contributed by atoms with Crippen LogP contribution < -0.4 is 5.32 Å². The Bertz CT molecular complexity index is 807. The second-order valence-corrected chi connectivity index (χ2v) is 13.7. The summed E-state index contributed by atoms with van der Waals surface area (Å²) in [4.78, 5) is 12.8. The molecule has 1 fully saturated rings. The van der Waals surface area contributed by atoms with Crippen molar-refractivity contribution in [2.75, 3.05) is 13.2 Å². The third kappa shape index (κ3) is 21.7. The lowest BCUT2D eigenvalue weighted by atomic mass is 9.99. The van der Waals surface area contributed by atoms with Gasteiger partial charge in [0, 0.05) is 6.42 Å². The van der Waals surface area contributed by atoms with Gasteiger partial charge < -0.3 is 40.3 Å². The normalized spacial score (nSPS) is 22.9. The summed E-state index contributed by atoms with van der Waals surface area (Å²) in [6.07, 6.45) is 26.6. The fraction of sp³-hybridized carbons (Fsp3) is 0.872. The minimum absolute atomic E-state index is 0.190. The van der Waals surface area contributed by atoms with Crippen molar-refractivity contribution in [1.82, 2.24) is 5.32 Å². The van der Waals surface area contributed by atoms with E-state index in [1.54, 1.807) is 6.08 Å². The molecule has 1 aliphatic rings. The highest BCUT2D eigenvalue weighted by Gasteiger charge is 2.44. The Morgan fingerprint density at radius 3 is 1.75 bits per heavy atom. The van der Waals surface area contributed by atoms with E-state index < -0.39 is 49.5 Å². The van der Waals surface area contributed by atoms with Crippen molar-refractivity contribution in [3.05, 3.63) is 24.3 Å². The fourth-order valence-electron chi connectivity index (χ4n) is 6.05. The number of allylic oxidation sites excluding steroid dienone is 3. The van der Waals surface area contributed by atoms with Crippen molar-refractivity contribution in [3.63, 3.8) is 0 Å². The summed E-state index contributed by atoms with van der Waals surface area (Å²) < 4.78 is 11.1. The van der Waals surface area contributed by atoms with E-state index in [4.69, 9.17) is 9.47 Å². The van der Waals surface area contributed by atoms with Gasteiger partial charge in [0.2, 0.25) is 5.91 Å². The third-order valence-corrected chi connectivity index (χ3v) is 9.28. The van der Waals surface area contributed by atoms with E-state index >= 15 is 0 Å². The molecule has 1 saturated heterocycles. The van der Waals surface area contributed by atoms with Crippen LogP contribution in [0.25, 0.3) is 0 Å². The Morgan fingerprint density at radius 2 is 1.19 bits per heavy atom. The minimum atomic E-state index is -1.57. The van der Waals surface area contributed by atoms with Gasteiger partial charge in [-0.05, 0) is 32.1 Å². The second kappa shape index (κ2) is 30.5. The van der Waals surface area contributed by atoms with Crippen molar-refractivity contribution in [1.29, 1.82) is 0 Å². The first-order valence-corrected chi connectivity index (χ1v) is 19.6. The van der Waals surface area contributed by atoms with Gasteiger partial charge in [-0.15, -0.1) is 0 Å². The van der Waals surface area contributed by atoms with Gasteiger partial charge >= 0.3 is 0 Å². The highest BCUT2D eigenvalue weighted by Crippen LogP contribution is 2.22. The van der Waals surface area contributed by atoms with Crippen molar-refractivity contribution in [3.8, 4) is 0 Å². The van der Waals surface area contributed by atoms with Gasteiger partial charge in [0.25, 0.3) is 0 Å². The SMILES string of the molecule is CCCCC/C=C/CC/C=C/C(O)C(COC1OC(CO)C(O)C(O)C1O)NC(=O)CCCCCCCCCCCCCCCCCC. The molecule has 0 radical (unpaired) electrons. The van der Waals surface area contributed by atoms with Crippen molar-refractivity contribution >= 4 is 5.91 Å². The number of rotatable bonds is 31. The number of unbranched alkanes of at least 4 members (excludes halogenated alkanes) is 19. The summed E-state index contributed by atoms with van der Waals surface area (Å²) in [6, 6.07) is -0.813. The van der Waals surface area contributed by atoms with E-state index in [2.05, 4.69) is 31.3 Å². The first-order chi connectivity index (χ1) is 23.3. The molecular formula is C39H73NO8. The van der Waals surface area contributed by atoms with Gasteiger partial charge in [0.15, 0.2) is 6.29 Å².